The van der Waals surface area contributed by atoms with E-state index in [1.54, 1.807) is 7.11 Å². The minimum absolute atomic E-state index is 0.537. The Kier molecular flexibility index (Phi) is 4.63. The first-order valence-corrected chi connectivity index (χ1v) is 5.44. The Bertz CT molecular complexity index is 309. The number of nitrogens with one attached hydrogen (secondary N) is 1. The smallest absolute Gasteiger partial charge is 0.0504 e. The predicted octanol–water partition coefficient (Wildman–Crippen LogP) is 3.00. The molecule has 2 nitrogen and oxygen atoms in total. The summed E-state index contributed by atoms with van der Waals surface area (Å²) in [6.45, 7) is 8.23. The van der Waals surface area contributed by atoms with Gasteiger partial charge in [-0.1, -0.05) is 19.1 Å². The van der Waals surface area contributed by atoms with Gasteiger partial charge in [-0.05, 0) is 37.0 Å². The zero-order valence-electron chi connectivity index (χ0n) is 10.1. The summed E-state index contributed by atoms with van der Waals surface area (Å²) in [5, 5.41) is 3.46. The molecule has 1 atom stereocenters. The standard InChI is InChI=1S/C13H21NO/c1-10(9-15-4)8-14-13-7-5-6-11(2)12(13)3/h5-7,10,14H,8-9H2,1-4H3. The van der Waals surface area contributed by atoms with Crippen LogP contribution in [0, 0.1) is 19.8 Å². The number of benzene rings is 1. The van der Waals surface area contributed by atoms with E-state index in [0.29, 0.717) is 5.92 Å². The maximum atomic E-state index is 5.11. The molecule has 1 unspecified atom stereocenters. The largest absolute Gasteiger partial charge is 0.384 e. The molecule has 0 bridgehead atoms. The van der Waals surface area contributed by atoms with Crippen molar-refractivity contribution >= 4 is 5.69 Å². The van der Waals surface area contributed by atoms with Crippen LogP contribution in [0.2, 0.25) is 0 Å². The van der Waals surface area contributed by atoms with E-state index < -0.39 is 0 Å². The molecule has 0 fully saturated rings. The molecule has 0 saturated heterocycles. The van der Waals surface area contributed by atoms with Crippen LogP contribution in [0.5, 0.6) is 0 Å². The molecule has 0 aliphatic heterocycles. The Morgan fingerprint density at radius 3 is 2.73 bits per heavy atom. The molecule has 1 N–H and O–H groups in total. The van der Waals surface area contributed by atoms with Crippen molar-refractivity contribution in [2.45, 2.75) is 20.8 Å². The van der Waals surface area contributed by atoms with E-state index in [1.807, 2.05) is 0 Å². The summed E-state index contributed by atoms with van der Waals surface area (Å²) in [4.78, 5) is 0. The number of hydrogen-bond acceptors (Lipinski definition) is 2. The van der Waals surface area contributed by atoms with Crippen molar-refractivity contribution in [2.75, 3.05) is 25.6 Å². The van der Waals surface area contributed by atoms with E-state index in [2.05, 4.69) is 44.3 Å². The highest BCUT2D eigenvalue weighted by Crippen LogP contribution is 2.18. The highest BCUT2D eigenvalue weighted by molar-refractivity contribution is 5.53. The highest BCUT2D eigenvalue weighted by Gasteiger charge is 2.03. The van der Waals surface area contributed by atoms with Crippen LogP contribution < -0.4 is 5.32 Å². The van der Waals surface area contributed by atoms with Crippen LogP contribution in [-0.4, -0.2) is 20.3 Å². The van der Waals surface area contributed by atoms with E-state index in [9.17, 15) is 0 Å². The number of aryl methyl sites for hydroxylation is 1. The lowest BCUT2D eigenvalue weighted by Crippen LogP contribution is -2.16. The number of ether oxygens (including phenoxy) is 1. The van der Waals surface area contributed by atoms with Crippen LogP contribution in [-0.2, 0) is 4.74 Å². The Hall–Kier alpha value is -1.02. The van der Waals surface area contributed by atoms with Crippen molar-refractivity contribution in [3.8, 4) is 0 Å². The Balaban J connectivity index is 2.54. The van der Waals surface area contributed by atoms with E-state index >= 15 is 0 Å². The fourth-order valence-corrected chi connectivity index (χ4v) is 1.57. The fraction of sp³-hybridized carbons (Fsp3) is 0.538. The summed E-state index contributed by atoms with van der Waals surface area (Å²) in [6.07, 6.45) is 0. The van der Waals surface area contributed by atoms with Crippen LogP contribution >= 0.6 is 0 Å². The number of rotatable bonds is 5. The van der Waals surface area contributed by atoms with Crippen LogP contribution in [0.3, 0.4) is 0 Å². The van der Waals surface area contributed by atoms with Gasteiger partial charge in [-0.3, -0.25) is 0 Å². The van der Waals surface area contributed by atoms with Gasteiger partial charge in [0.2, 0.25) is 0 Å². The van der Waals surface area contributed by atoms with E-state index in [1.165, 1.54) is 16.8 Å². The zero-order valence-corrected chi connectivity index (χ0v) is 10.1. The summed E-state index contributed by atoms with van der Waals surface area (Å²) >= 11 is 0. The van der Waals surface area contributed by atoms with Crippen molar-refractivity contribution in [3.05, 3.63) is 29.3 Å². The molecule has 1 rings (SSSR count). The molecule has 0 radical (unpaired) electrons. The molecule has 0 heterocycles. The van der Waals surface area contributed by atoms with Crippen LogP contribution in [0.15, 0.2) is 18.2 Å². The first-order valence-electron chi connectivity index (χ1n) is 5.44. The average molecular weight is 207 g/mol. The van der Waals surface area contributed by atoms with Crippen LogP contribution in [0.25, 0.3) is 0 Å². The lowest BCUT2D eigenvalue weighted by Gasteiger charge is -2.15. The highest BCUT2D eigenvalue weighted by atomic mass is 16.5. The quantitative estimate of drug-likeness (QED) is 0.801. The minimum atomic E-state index is 0.537. The van der Waals surface area contributed by atoms with Gasteiger partial charge in [0, 0.05) is 19.3 Å². The summed E-state index contributed by atoms with van der Waals surface area (Å²) in [6, 6.07) is 6.35. The summed E-state index contributed by atoms with van der Waals surface area (Å²) in [5.41, 5.74) is 3.90. The Labute approximate surface area is 92.6 Å². The van der Waals surface area contributed by atoms with E-state index in [0.717, 1.165) is 13.2 Å². The third-order valence-electron chi connectivity index (χ3n) is 2.70. The van der Waals surface area contributed by atoms with Gasteiger partial charge in [-0.2, -0.15) is 0 Å². The number of anilines is 1. The normalized spacial score (nSPS) is 12.5. The topological polar surface area (TPSA) is 21.3 Å². The van der Waals surface area contributed by atoms with Gasteiger partial charge >= 0.3 is 0 Å². The van der Waals surface area contributed by atoms with Gasteiger partial charge in [0.25, 0.3) is 0 Å². The first-order chi connectivity index (χ1) is 7.15. The van der Waals surface area contributed by atoms with Crippen molar-refractivity contribution in [1.82, 2.24) is 0 Å². The molecule has 84 valence electrons. The Morgan fingerprint density at radius 1 is 1.33 bits per heavy atom. The average Bonchev–Trinajstić information content (AvgIpc) is 2.21. The van der Waals surface area contributed by atoms with Gasteiger partial charge in [-0.15, -0.1) is 0 Å². The maximum absolute atomic E-state index is 5.11. The second kappa shape index (κ2) is 5.76. The second-order valence-electron chi connectivity index (χ2n) is 4.19. The molecule has 0 aliphatic rings. The summed E-state index contributed by atoms with van der Waals surface area (Å²) < 4.78 is 5.11. The first kappa shape index (κ1) is 12.1. The summed E-state index contributed by atoms with van der Waals surface area (Å²) in [5.74, 6) is 0.537. The third kappa shape index (κ3) is 3.56. The monoisotopic (exact) mass is 207 g/mol. The van der Waals surface area contributed by atoms with Crippen molar-refractivity contribution in [2.24, 2.45) is 5.92 Å². The van der Waals surface area contributed by atoms with Gasteiger partial charge in [0.05, 0.1) is 6.61 Å². The second-order valence-corrected chi connectivity index (χ2v) is 4.19. The Morgan fingerprint density at radius 2 is 2.07 bits per heavy atom. The molecule has 0 saturated carbocycles. The van der Waals surface area contributed by atoms with Gasteiger partial charge < -0.3 is 10.1 Å². The number of hydrogen-bond donors (Lipinski definition) is 1. The van der Waals surface area contributed by atoms with E-state index in [-0.39, 0.29) is 0 Å². The van der Waals surface area contributed by atoms with Gasteiger partial charge in [0.1, 0.15) is 0 Å². The molecular weight excluding hydrogens is 186 g/mol. The molecule has 0 amide bonds. The lowest BCUT2D eigenvalue weighted by molar-refractivity contribution is 0.164. The zero-order chi connectivity index (χ0) is 11.3. The molecule has 2 heteroatoms. The maximum Gasteiger partial charge on any atom is 0.0504 e. The molecule has 1 aromatic carbocycles. The summed E-state index contributed by atoms with van der Waals surface area (Å²) in [7, 11) is 1.74. The predicted molar refractivity (Wildman–Crippen MR) is 65.4 cm³/mol. The van der Waals surface area contributed by atoms with Crippen molar-refractivity contribution in [3.63, 3.8) is 0 Å². The molecule has 0 aliphatic carbocycles. The van der Waals surface area contributed by atoms with Gasteiger partial charge in [-0.25, -0.2) is 0 Å². The van der Waals surface area contributed by atoms with Crippen LogP contribution in [0.4, 0.5) is 5.69 Å². The molecule has 15 heavy (non-hydrogen) atoms. The van der Waals surface area contributed by atoms with E-state index in [4.69, 9.17) is 4.74 Å². The number of methoxy groups -OCH3 is 1. The van der Waals surface area contributed by atoms with Gasteiger partial charge in [0.15, 0.2) is 0 Å². The van der Waals surface area contributed by atoms with Crippen molar-refractivity contribution < 1.29 is 4.74 Å². The minimum Gasteiger partial charge on any atom is -0.384 e. The SMILES string of the molecule is COCC(C)CNc1cccc(C)c1C. The lowest BCUT2D eigenvalue weighted by atomic mass is 10.1. The molecule has 1 aromatic rings. The van der Waals surface area contributed by atoms with Crippen molar-refractivity contribution in [1.29, 1.82) is 0 Å². The molecule has 0 aromatic heterocycles. The fourth-order valence-electron chi connectivity index (χ4n) is 1.57. The molecule has 0 spiro atoms. The van der Waals surface area contributed by atoms with Crippen LogP contribution in [0.1, 0.15) is 18.1 Å². The third-order valence-corrected chi connectivity index (χ3v) is 2.70. The molecular formula is C13H21NO.